The van der Waals surface area contributed by atoms with Crippen molar-refractivity contribution in [3.8, 4) is 0 Å². The van der Waals surface area contributed by atoms with Crippen molar-refractivity contribution in [2.24, 2.45) is 0 Å². The maximum absolute atomic E-state index is 12.0. The van der Waals surface area contributed by atoms with Crippen LogP contribution in [0.4, 0.5) is 0 Å². The third-order valence-electron chi connectivity index (χ3n) is 2.82. The Morgan fingerprint density at radius 1 is 1.45 bits per heavy atom. The topological polar surface area (TPSA) is 60.2 Å². The maximum Gasteiger partial charge on any atom is 0.233 e. The van der Waals surface area contributed by atoms with Crippen molar-refractivity contribution >= 4 is 17.7 Å². The van der Waals surface area contributed by atoms with E-state index in [0.717, 1.165) is 24.1 Å². The lowest BCUT2D eigenvalue weighted by Gasteiger charge is -2.18. The van der Waals surface area contributed by atoms with Crippen LogP contribution in [0.3, 0.4) is 0 Å². The summed E-state index contributed by atoms with van der Waals surface area (Å²) in [5.74, 6) is 1.22. The van der Waals surface area contributed by atoms with E-state index in [-0.39, 0.29) is 5.91 Å². The van der Waals surface area contributed by atoms with Crippen LogP contribution in [0, 0.1) is 0 Å². The molecule has 0 saturated carbocycles. The molecule has 0 N–H and O–H groups in total. The van der Waals surface area contributed by atoms with Gasteiger partial charge in [-0.15, -0.1) is 16.8 Å². The summed E-state index contributed by atoms with van der Waals surface area (Å²) in [5.41, 5.74) is 0. The van der Waals surface area contributed by atoms with Crippen LogP contribution in [-0.2, 0) is 22.7 Å². The molecule has 1 aromatic rings. The second-order valence-corrected chi connectivity index (χ2v) is 5.03. The highest BCUT2D eigenvalue weighted by molar-refractivity contribution is 7.99. The van der Waals surface area contributed by atoms with Gasteiger partial charge in [-0.05, 0) is 13.8 Å². The molecule has 0 bridgehead atoms. The Morgan fingerprint density at radius 2 is 2.15 bits per heavy atom. The Bertz CT molecular complexity index is 444. The number of rotatable bonds is 9. The van der Waals surface area contributed by atoms with E-state index in [1.807, 2.05) is 18.4 Å². The van der Waals surface area contributed by atoms with Crippen molar-refractivity contribution in [1.82, 2.24) is 19.7 Å². The molecule has 20 heavy (non-hydrogen) atoms. The van der Waals surface area contributed by atoms with E-state index in [0.29, 0.717) is 18.9 Å². The van der Waals surface area contributed by atoms with Crippen molar-refractivity contribution in [3.63, 3.8) is 0 Å². The van der Waals surface area contributed by atoms with Crippen LogP contribution in [-0.4, -0.2) is 51.5 Å². The average molecular weight is 298 g/mol. The molecule has 7 heteroatoms. The first-order valence-electron chi connectivity index (χ1n) is 6.60. The Labute approximate surface area is 124 Å². The van der Waals surface area contributed by atoms with Gasteiger partial charge in [-0.3, -0.25) is 4.79 Å². The molecular formula is C13H22N4O2S. The van der Waals surface area contributed by atoms with Crippen LogP contribution in [0.15, 0.2) is 17.8 Å². The number of hydrogen-bond donors (Lipinski definition) is 0. The quantitative estimate of drug-likeness (QED) is 0.511. The Kier molecular flexibility index (Phi) is 7.32. The summed E-state index contributed by atoms with van der Waals surface area (Å²) >= 11 is 1.40. The number of thioether (sulfide) groups is 1. The number of ether oxygens (including phenoxy) is 1. The highest BCUT2D eigenvalue weighted by Crippen LogP contribution is 2.18. The predicted octanol–water partition coefficient (Wildman–Crippen LogP) is 1.57. The Morgan fingerprint density at radius 3 is 2.70 bits per heavy atom. The van der Waals surface area contributed by atoms with Gasteiger partial charge in [0.15, 0.2) is 11.0 Å². The molecule has 0 aliphatic carbocycles. The highest BCUT2D eigenvalue weighted by Gasteiger charge is 2.15. The van der Waals surface area contributed by atoms with Crippen LogP contribution in [0.25, 0.3) is 0 Å². The van der Waals surface area contributed by atoms with Crippen molar-refractivity contribution in [1.29, 1.82) is 0 Å². The molecule has 0 aliphatic heterocycles. The smallest absolute Gasteiger partial charge is 0.233 e. The molecule has 112 valence electrons. The number of carbonyl (C=O) groups is 1. The maximum atomic E-state index is 12.0. The van der Waals surface area contributed by atoms with Crippen LogP contribution in [0.2, 0.25) is 0 Å². The van der Waals surface area contributed by atoms with Gasteiger partial charge in [-0.25, -0.2) is 0 Å². The second kappa shape index (κ2) is 8.76. The molecule has 0 saturated heterocycles. The summed E-state index contributed by atoms with van der Waals surface area (Å²) in [5, 5.41) is 8.92. The molecule has 0 aliphatic rings. The highest BCUT2D eigenvalue weighted by atomic mass is 32.2. The van der Waals surface area contributed by atoms with Gasteiger partial charge in [0.05, 0.1) is 5.75 Å². The van der Waals surface area contributed by atoms with Crippen molar-refractivity contribution in [3.05, 3.63) is 18.5 Å². The van der Waals surface area contributed by atoms with E-state index in [1.54, 1.807) is 18.1 Å². The summed E-state index contributed by atoms with van der Waals surface area (Å²) in [6.45, 7) is 10.1. The van der Waals surface area contributed by atoms with Crippen LogP contribution in [0.5, 0.6) is 0 Å². The van der Waals surface area contributed by atoms with Gasteiger partial charge in [0.25, 0.3) is 0 Å². The zero-order chi connectivity index (χ0) is 15.0. The average Bonchev–Trinajstić information content (AvgIpc) is 2.81. The van der Waals surface area contributed by atoms with Crippen LogP contribution >= 0.6 is 11.8 Å². The number of methoxy groups -OCH3 is 1. The third-order valence-corrected chi connectivity index (χ3v) is 3.77. The number of allylic oxidation sites excluding steroid dienone is 1. The van der Waals surface area contributed by atoms with Crippen molar-refractivity contribution < 1.29 is 9.53 Å². The van der Waals surface area contributed by atoms with E-state index in [2.05, 4.69) is 16.8 Å². The molecule has 0 fully saturated rings. The van der Waals surface area contributed by atoms with Crippen molar-refractivity contribution in [2.45, 2.75) is 32.2 Å². The minimum Gasteiger partial charge on any atom is -0.377 e. The van der Waals surface area contributed by atoms with Gasteiger partial charge in [0.1, 0.15) is 6.61 Å². The SMILES string of the molecule is C=CCn1c(COC)nnc1SCC(=O)N(CC)CC. The fraction of sp³-hybridized carbons (Fsp3) is 0.615. The lowest BCUT2D eigenvalue weighted by Crippen LogP contribution is -2.31. The van der Waals surface area contributed by atoms with Gasteiger partial charge in [0, 0.05) is 26.7 Å². The summed E-state index contributed by atoms with van der Waals surface area (Å²) < 4.78 is 7.00. The molecule has 0 aromatic carbocycles. The van der Waals surface area contributed by atoms with E-state index in [9.17, 15) is 4.79 Å². The summed E-state index contributed by atoms with van der Waals surface area (Å²) in [7, 11) is 1.61. The molecule has 1 rings (SSSR count). The fourth-order valence-electron chi connectivity index (χ4n) is 1.77. The van der Waals surface area contributed by atoms with Gasteiger partial charge in [0.2, 0.25) is 5.91 Å². The van der Waals surface area contributed by atoms with Crippen molar-refractivity contribution in [2.75, 3.05) is 26.0 Å². The second-order valence-electron chi connectivity index (χ2n) is 4.09. The Balaban J connectivity index is 2.72. The summed E-state index contributed by atoms with van der Waals surface area (Å²) in [6.07, 6.45) is 1.78. The first kappa shape index (κ1) is 16.7. The molecule has 0 atom stereocenters. The number of hydrogen-bond acceptors (Lipinski definition) is 5. The van der Waals surface area contributed by atoms with Crippen LogP contribution in [0.1, 0.15) is 19.7 Å². The molecular weight excluding hydrogens is 276 g/mol. The largest absolute Gasteiger partial charge is 0.377 e. The van der Waals surface area contributed by atoms with E-state index >= 15 is 0 Å². The zero-order valence-electron chi connectivity index (χ0n) is 12.3. The molecule has 6 nitrogen and oxygen atoms in total. The minimum absolute atomic E-state index is 0.112. The zero-order valence-corrected chi connectivity index (χ0v) is 13.2. The van der Waals surface area contributed by atoms with E-state index in [1.165, 1.54) is 11.8 Å². The van der Waals surface area contributed by atoms with E-state index < -0.39 is 0 Å². The summed E-state index contributed by atoms with van der Waals surface area (Å²) in [6, 6.07) is 0. The molecule has 0 spiro atoms. The number of carbonyl (C=O) groups excluding carboxylic acids is 1. The first-order chi connectivity index (χ1) is 9.67. The molecule has 1 heterocycles. The van der Waals surface area contributed by atoms with Crippen LogP contribution < -0.4 is 0 Å². The van der Waals surface area contributed by atoms with Gasteiger partial charge in [-0.2, -0.15) is 0 Å². The third kappa shape index (κ3) is 4.35. The Hall–Kier alpha value is -1.34. The predicted molar refractivity (Wildman–Crippen MR) is 79.6 cm³/mol. The monoisotopic (exact) mass is 298 g/mol. The van der Waals surface area contributed by atoms with Gasteiger partial charge in [-0.1, -0.05) is 17.8 Å². The van der Waals surface area contributed by atoms with Gasteiger partial charge >= 0.3 is 0 Å². The standard InChI is InChI=1S/C13H22N4O2S/c1-5-8-17-11(9-19-4)14-15-13(17)20-10-12(18)16(6-2)7-3/h5H,1,6-10H2,2-4H3. The lowest BCUT2D eigenvalue weighted by atomic mass is 10.5. The molecule has 1 aromatic heterocycles. The first-order valence-corrected chi connectivity index (χ1v) is 7.58. The summed E-state index contributed by atoms with van der Waals surface area (Å²) in [4.78, 5) is 13.8. The molecule has 1 amide bonds. The number of aromatic nitrogens is 3. The lowest BCUT2D eigenvalue weighted by molar-refractivity contribution is -0.127. The molecule has 0 radical (unpaired) electrons. The minimum atomic E-state index is 0.112. The number of amides is 1. The fourth-order valence-corrected chi connectivity index (χ4v) is 2.64. The van der Waals surface area contributed by atoms with Gasteiger partial charge < -0.3 is 14.2 Å². The normalized spacial score (nSPS) is 10.6. The van der Waals surface area contributed by atoms with E-state index in [4.69, 9.17) is 4.74 Å². The molecule has 0 unspecified atom stereocenters. The number of nitrogens with zero attached hydrogens (tertiary/aromatic N) is 4.